The first-order valence-electron chi connectivity index (χ1n) is 5.71. The third-order valence-corrected chi connectivity index (χ3v) is 2.46. The predicted octanol–water partition coefficient (Wildman–Crippen LogP) is 3.32. The Labute approximate surface area is 111 Å². The number of anilines is 1. The van der Waals surface area contributed by atoms with Gasteiger partial charge in [0.05, 0.1) is 0 Å². The molecule has 0 aliphatic carbocycles. The van der Waals surface area contributed by atoms with Crippen molar-refractivity contribution in [3.8, 4) is 12.1 Å². The smallest absolute Gasteiger partial charge is 0.193 e. The lowest BCUT2D eigenvalue weighted by Crippen LogP contribution is -1.97. The first kappa shape index (κ1) is 12.5. The Hall–Kier alpha value is -2.98. The summed E-state index contributed by atoms with van der Waals surface area (Å²) in [6, 6.07) is 17.0. The number of hydrogen-bond donors (Lipinski definition) is 1. The van der Waals surface area contributed by atoms with E-state index < -0.39 is 0 Å². The standard InChI is InChI=1S/C15H11N3O/c16-9-13(10-17)8-14-6-7-15(19-14)18-11-12-4-2-1-3-5-12/h1-8,18H,11H2. The molecule has 0 spiro atoms. The Morgan fingerprint density at radius 3 is 2.53 bits per heavy atom. The fraction of sp³-hybridized carbons (Fsp3) is 0.0667. The van der Waals surface area contributed by atoms with E-state index in [0.717, 1.165) is 5.56 Å². The summed E-state index contributed by atoms with van der Waals surface area (Å²) >= 11 is 0. The van der Waals surface area contributed by atoms with Crippen molar-refractivity contribution in [2.24, 2.45) is 0 Å². The Morgan fingerprint density at radius 2 is 1.84 bits per heavy atom. The molecule has 4 heteroatoms. The van der Waals surface area contributed by atoms with Gasteiger partial charge in [0.2, 0.25) is 0 Å². The van der Waals surface area contributed by atoms with E-state index in [1.165, 1.54) is 6.08 Å². The lowest BCUT2D eigenvalue weighted by Gasteiger charge is -2.02. The van der Waals surface area contributed by atoms with Crippen LogP contribution in [0.3, 0.4) is 0 Å². The lowest BCUT2D eigenvalue weighted by atomic mass is 10.2. The van der Waals surface area contributed by atoms with Crippen molar-refractivity contribution < 1.29 is 4.42 Å². The molecule has 0 fully saturated rings. The quantitative estimate of drug-likeness (QED) is 0.843. The first-order chi connectivity index (χ1) is 9.31. The van der Waals surface area contributed by atoms with E-state index in [9.17, 15) is 0 Å². The zero-order valence-electron chi connectivity index (χ0n) is 10.1. The van der Waals surface area contributed by atoms with Gasteiger partial charge in [0.25, 0.3) is 0 Å². The van der Waals surface area contributed by atoms with E-state index in [-0.39, 0.29) is 5.57 Å². The molecule has 0 unspecified atom stereocenters. The van der Waals surface area contributed by atoms with Gasteiger partial charge in [0, 0.05) is 18.7 Å². The van der Waals surface area contributed by atoms with Crippen LogP contribution in [0.25, 0.3) is 6.08 Å². The van der Waals surface area contributed by atoms with Crippen LogP contribution >= 0.6 is 0 Å². The number of nitrogens with one attached hydrogen (secondary N) is 1. The monoisotopic (exact) mass is 249 g/mol. The van der Waals surface area contributed by atoms with Crippen LogP contribution in [0, 0.1) is 22.7 Å². The van der Waals surface area contributed by atoms with Crippen molar-refractivity contribution in [3.63, 3.8) is 0 Å². The van der Waals surface area contributed by atoms with Gasteiger partial charge >= 0.3 is 0 Å². The Balaban J connectivity index is 2.01. The topological polar surface area (TPSA) is 72.8 Å². The molecule has 0 saturated carbocycles. The molecule has 1 heterocycles. The highest BCUT2D eigenvalue weighted by molar-refractivity contribution is 5.59. The average molecular weight is 249 g/mol. The molecule has 1 aromatic carbocycles. The molecule has 2 aromatic rings. The van der Waals surface area contributed by atoms with Crippen LogP contribution in [0.1, 0.15) is 11.3 Å². The van der Waals surface area contributed by atoms with Gasteiger partial charge in [-0.1, -0.05) is 30.3 Å². The SMILES string of the molecule is N#CC(C#N)=Cc1ccc(NCc2ccccc2)o1. The molecular weight excluding hydrogens is 238 g/mol. The molecule has 92 valence electrons. The summed E-state index contributed by atoms with van der Waals surface area (Å²) in [4.78, 5) is 0. The van der Waals surface area contributed by atoms with Crippen LogP contribution < -0.4 is 5.32 Å². The van der Waals surface area contributed by atoms with Gasteiger partial charge < -0.3 is 9.73 Å². The van der Waals surface area contributed by atoms with Crippen LogP contribution in [0.15, 0.2) is 52.5 Å². The van der Waals surface area contributed by atoms with Gasteiger partial charge in [0.1, 0.15) is 23.5 Å². The van der Waals surface area contributed by atoms with Crippen molar-refractivity contribution in [1.82, 2.24) is 0 Å². The van der Waals surface area contributed by atoms with Crippen molar-refractivity contribution in [2.75, 3.05) is 5.32 Å². The Morgan fingerprint density at radius 1 is 1.11 bits per heavy atom. The molecule has 0 aliphatic rings. The summed E-state index contributed by atoms with van der Waals surface area (Å²) < 4.78 is 5.45. The summed E-state index contributed by atoms with van der Waals surface area (Å²) in [6.45, 7) is 0.654. The number of rotatable bonds is 4. The number of benzene rings is 1. The second-order valence-corrected chi connectivity index (χ2v) is 3.82. The largest absolute Gasteiger partial charge is 0.441 e. The highest BCUT2D eigenvalue weighted by atomic mass is 16.4. The van der Waals surface area contributed by atoms with Gasteiger partial charge in [-0.05, 0) is 11.6 Å². The predicted molar refractivity (Wildman–Crippen MR) is 71.7 cm³/mol. The van der Waals surface area contributed by atoms with Gasteiger partial charge in [-0.15, -0.1) is 0 Å². The van der Waals surface area contributed by atoms with Crippen LogP contribution in [0.4, 0.5) is 5.88 Å². The second-order valence-electron chi connectivity index (χ2n) is 3.82. The minimum atomic E-state index is 0.0176. The van der Waals surface area contributed by atoms with Crippen LogP contribution in [0.2, 0.25) is 0 Å². The second kappa shape index (κ2) is 6.09. The summed E-state index contributed by atoms with van der Waals surface area (Å²) in [5.74, 6) is 1.08. The molecule has 1 aromatic heterocycles. The zero-order valence-corrected chi connectivity index (χ0v) is 10.1. The molecular formula is C15H11N3O. The zero-order chi connectivity index (χ0) is 13.5. The fourth-order valence-electron chi connectivity index (χ4n) is 1.54. The molecule has 0 aliphatic heterocycles. The molecule has 1 N–H and O–H groups in total. The van der Waals surface area contributed by atoms with E-state index in [0.29, 0.717) is 18.2 Å². The third kappa shape index (κ3) is 3.49. The van der Waals surface area contributed by atoms with Gasteiger partial charge in [-0.3, -0.25) is 0 Å². The number of furan rings is 1. The van der Waals surface area contributed by atoms with E-state index in [1.54, 1.807) is 24.3 Å². The summed E-state index contributed by atoms with van der Waals surface area (Å²) in [5.41, 5.74) is 1.16. The maximum absolute atomic E-state index is 8.65. The van der Waals surface area contributed by atoms with Crippen LogP contribution in [-0.4, -0.2) is 0 Å². The van der Waals surface area contributed by atoms with Crippen molar-refractivity contribution in [3.05, 3.63) is 59.4 Å². The lowest BCUT2D eigenvalue weighted by molar-refractivity contribution is 0.568. The molecule has 0 saturated heterocycles. The maximum atomic E-state index is 8.65. The van der Waals surface area contributed by atoms with E-state index in [2.05, 4.69) is 5.32 Å². The minimum absolute atomic E-state index is 0.0176. The average Bonchev–Trinajstić information content (AvgIpc) is 2.91. The fourth-order valence-corrected chi connectivity index (χ4v) is 1.54. The van der Waals surface area contributed by atoms with Gasteiger partial charge in [-0.25, -0.2) is 0 Å². The van der Waals surface area contributed by atoms with E-state index >= 15 is 0 Å². The Kier molecular flexibility index (Phi) is 4.00. The highest BCUT2D eigenvalue weighted by Gasteiger charge is 2.01. The van der Waals surface area contributed by atoms with E-state index in [1.807, 2.05) is 30.3 Å². The number of allylic oxidation sites excluding steroid dienone is 1. The normalized spacial score (nSPS) is 9.16. The van der Waals surface area contributed by atoms with Crippen LogP contribution in [-0.2, 0) is 6.54 Å². The molecule has 0 amide bonds. The van der Waals surface area contributed by atoms with Crippen molar-refractivity contribution in [1.29, 1.82) is 10.5 Å². The van der Waals surface area contributed by atoms with Crippen molar-refractivity contribution >= 4 is 12.0 Å². The maximum Gasteiger partial charge on any atom is 0.193 e. The summed E-state index contributed by atoms with van der Waals surface area (Å²) in [6.07, 6.45) is 1.41. The van der Waals surface area contributed by atoms with E-state index in [4.69, 9.17) is 14.9 Å². The summed E-state index contributed by atoms with van der Waals surface area (Å²) in [7, 11) is 0. The summed E-state index contributed by atoms with van der Waals surface area (Å²) in [5, 5.41) is 20.4. The number of nitrogens with zero attached hydrogens (tertiary/aromatic N) is 2. The van der Waals surface area contributed by atoms with Gasteiger partial charge in [0.15, 0.2) is 5.88 Å². The number of hydrogen-bond acceptors (Lipinski definition) is 4. The molecule has 4 nitrogen and oxygen atoms in total. The molecule has 2 rings (SSSR count). The third-order valence-electron chi connectivity index (χ3n) is 2.46. The highest BCUT2D eigenvalue weighted by Crippen LogP contribution is 2.16. The molecule has 19 heavy (non-hydrogen) atoms. The van der Waals surface area contributed by atoms with Crippen LogP contribution in [0.5, 0.6) is 0 Å². The molecule has 0 bridgehead atoms. The number of nitriles is 2. The molecule has 0 atom stereocenters. The molecule has 0 radical (unpaired) electrons. The first-order valence-corrected chi connectivity index (χ1v) is 5.71. The Bertz CT molecular complexity index is 641. The van der Waals surface area contributed by atoms with Crippen molar-refractivity contribution in [2.45, 2.75) is 6.54 Å². The van der Waals surface area contributed by atoms with Gasteiger partial charge in [-0.2, -0.15) is 10.5 Å². The minimum Gasteiger partial charge on any atom is -0.441 e.